The summed E-state index contributed by atoms with van der Waals surface area (Å²) >= 11 is 0. The molecule has 2 fully saturated rings. The van der Waals surface area contributed by atoms with Gasteiger partial charge in [0.15, 0.2) is 0 Å². The van der Waals surface area contributed by atoms with Crippen LogP contribution in [0.3, 0.4) is 0 Å². The summed E-state index contributed by atoms with van der Waals surface area (Å²) in [6, 6.07) is 1.33. The first-order valence-corrected chi connectivity index (χ1v) is 8.29. The highest BCUT2D eigenvalue weighted by molar-refractivity contribution is 4.87. The van der Waals surface area contributed by atoms with Gasteiger partial charge in [0, 0.05) is 12.1 Å². The molecule has 2 aliphatic carbocycles. The molecule has 0 radical (unpaired) electrons. The third kappa shape index (κ3) is 5.27. The van der Waals surface area contributed by atoms with Gasteiger partial charge in [-0.05, 0) is 25.7 Å². The minimum atomic E-state index is -0.0197. The Morgan fingerprint density at radius 1 is 0.611 bits per heavy atom. The summed E-state index contributed by atoms with van der Waals surface area (Å²) < 4.78 is 0. The van der Waals surface area contributed by atoms with E-state index in [-0.39, 0.29) is 6.10 Å². The van der Waals surface area contributed by atoms with E-state index < -0.39 is 0 Å². The van der Waals surface area contributed by atoms with Crippen molar-refractivity contribution >= 4 is 0 Å². The van der Waals surface area contributed by atoms with Gasteiger partial charge in [0.2, 0.25) is 0 Å². The molecular weight excluding hydrogens is 222 g/mol. The summed E-state index contributed by atoms with van der Waals surface area (Å²) in [5, 5.41) is 13.1. The monoisotopic (exact) mass is 253 g/mol. The maximum atomic E-state index is 9.36. The Bertz CT molecular complexity index is 201. The van der Waals surface area contributed by atoms with Crippen molar-refractivity contribution in [1.29, 1.82) is 0 Å². The summed E-state index contributed by atoms with van der Waals surface area (Å²) in [6.45, 7) is 0. The van der Waals surface area contributed by atoms with E-state index in [9.17, 15) is 5.11 Å². The van der Waals surface area contributed by atoms with Crippen LogP contribution in [0.15, 0.2) is 0 Å². The van der Waals surface area contributed by atoms with Gasteiger partial charge in [-0.15, -0.1) is 0 Å². The molecule has 2 heteroatoms. The average Bonchev–Trinajstić information content (AvgIpc) is 2.30. The second-order valence-corrected chi connectivity index (χ2v) is 6.45. The minimum Gasteiger partial charge on any atom is -0.393 e. The smallest absolute Gasteiger partial charge is 0.0570 e. The fourth-order valence-corrected chi connectivity index (χ4v) is 3.39. The van der Waals surface area contributed by atoms with Gasteiger partial charge in [-0.3, -0.25) is 0 Å². The second kappa shape index (κ2) is 8.16. The standard InChI is InChI=1S/C16H31NO/c18-16-12-15(13-16)17-14-10-8-6-4-2-1-3-5-7-9-11-14/h14-18H,1-13H2. The van der Waals surface area contributed by atoms with E-state index in [2.05, 4.69) is 5.32 Å². The number of rotatable bonds is 2. The third-order valence-electron chi connectivity index (χ3n) is 4.69. The Hall–Kier alpha value is -0.0800. The van der Waals surface area contributed by atoms with Crippen LogP contribution in [0.2, 0.25) is 0 Å². The normalized spacial score (nSPS) is 33.2. The van der Waals surface area contributed by atoms with Crippen molar-refractivity contribution in [3.05, 3.63) is 0 Å². The van der Waals surface area contributed by atoms with Crippen molar-refractivity contribution in [2.75, 3.05) is 0 Å². The molecule has 0 amide bonds. The summed E-state index contributed by atoms with van der Waals surface area (Å²) in [4.78, 5) is 0. The lowest BCUT2D eigenvalue weighted by molar-refractivity contribution is 0.0563. The lowest BCUT2D eigenvalue weighted by Crippen LogP contribution is -2.48. The third-order valence-corrected chi connectivity index (χ3v) is 4.69. The highest BCUT2D eigenvalue weighted by Crippen LogP contribution is 2.23. The molecule has 0 heterocycles. The predicted molar refractivity (Wildman–Crippen MR) is 76.7 cm³/mol. The molecule has 2 N–H and O–H groups in total. The van der Waals surface area contributed by atoms with Crippen LogP contribution in [-0.2, 0) is 0 Å². The zero-order valence-corrected chi connectivity index (χ0v) is 11.9. The predicted octanol–water partition coefficient (Wildman–Crippen LogP) is 3.77. The summed E-state index contributed by atoms with van der Waals surface area (Å²) in [5.41, 5.74) is 0. The van der Waals surface area contributed by atoms with E-state index in [1.54, 1.807) is 0 Å². The van der Waals surface area contributed by atoms with Crippen molar-refractivity contribution < 1.29 is 5.11 Å². The Morgan fingerprint density at radius 3 is 1.50 bits per heavy atom. The molecule has 18 heavy (non-hydrogen) atoms. The Morgan fingerprint density at radius 2 is 1.06 bits per heavy atom. The highest BCUT2D eigenvalue weighted by Gasteiger charge is 2.28. The van der Waals surface area contributed by atoms with Crippen molar-refractivity contribution in [2.24, 2.45) is 0 Å². The highest BCUT2D eigenvalue weighted by atomic mass is 16.3. The van der Waals surface area contributed by atoms with Gasteiger partial charge < -0.3 is 10.4 Å². The van der Waals surface area contributed by atoms with Gasteiger partial charge in [0.25, 0.3) is 0 Å². The Labute approximate surface area is 113 Å². The second-order valence-electron chi connectivity index (χ2n) is 6.45. The molecule has 0 unspecified atom stereocenters. The number of aliphatic hydroxyl groups excluding tert-OH is 1. The topological polar surface area (TPSA) is 32.3 Å². The maximum Gasteiger partial charge on any atom is 0.0570 e. The van der Waals surface area contributed by atoms with Crippen LogP contribution in [0.5, 0.6) is 0 Å². The van der Waals surface area contributed by atoms with Crippen molar-refractivity contribution in [1.82, 2.24) is 5.32 Å². The number of hydrogen-bond acceptors (Lipinski definition) is 2. The minimum absolute atomic E-state index is 0.0197. The fourth-order valence-electron chi connectivity index (χ4n) is 3.39. The molecule has 2 rings (SSSR count). The van der Waals surface area contributed by atoms with Gasteiger partial charge in [0.1, 0.15) is 0 Å². The zero-order chi connectivity index (χ0) is 12.6. The molecular formula is C16H31NO. The van der Waals surface area contributed by atoms with Crippen LogP contribution < -0.4 is 5.32 Å². The lowest BCUT2D eigenvalue weighted by Gasteiger charge is -2.35. The summed E-state index contributed by atoms with van der Waals surface area (Å²) in [7, 11) is 0. The van der Waals surface area contributed by atoms with Crippen LogP contribution in [-0.4, -0.2) is 23.3 Å². The average molecular weight is 253 g/mol. The van der Waals surface area contributed by atoms with E-state index in [1.165, 1.54) is 70.6 Å². The van der Waals surface area contributed by atoms with E-state index in [4.69, 9.17) is 0 Å². The first-order chi connectivity index (χ1) is 8.84. The van der Waals surface area contributed by atoms with Crippen LogP contribution >= 0.6 is 0 Å². The molecule has 0 aromatic carbocycles. The summed E-state index contributed by atoms with van der Waals surface area (Å²) in [6.07, 6.45) is 17.5. The van der Waals surface area contributed by atoms with Gasteiger partial charge in [-0.1, -0.05) is 57.8 Å². The molecule has 2 saturated carbocycles. The first kappa shape index (κ1) is 14.3. The van der Waals surface area contributed by atoms with Crippen molar-refractivity contribution in [3.8, 4) is 0 Å². The van der Waals surface area contributed by atoms with Gasteiger partial charge in [-0.2, -0.15) is 0 Å². The molecule has 0 atom stereocenters. The molecule has 0 saturated heterocycles. The van der Waals surface area contributed by atoms with Gasteiger partial charge >= 0.3 is 0 Å². The summed E-state index contributed by atoms with van der Waals surface area (Å²) in [5.74, 6) is 0. The van der Waals surface area contributed by atoms with E-state index in [0.717, 1.165) is 18.9 Å². The fraction of sp³-hybridized carbons (Fsp3) is 1.00. The first-order valence-electron chi connectivity index (χ1n) is 8.29. The molecule has 0 aromatic rings. The van der Waals surface area contributed by atoms with Crippen LogP contribution in [0.4, 0.5) is 0 Å². The molecule has 2 aliphatic rings. The number of hydrogen-bond donors (Lipinski definition) is 2. The van der Waals surface area contributed by atoms with Gasteiger partial charge in [0.05, 0.1) is 6.10 Å². The zero-order valence-electron chi connectivity index (χ0n) is 11.9. The molecule has 106 valence electrons. The van der Waals surface area contributed by atoms with Gasteiger partial charge in [-0.25, -0.2) is 0 Å². The molecule has 0 aromatic heterocycles. The molecule has 0 aliphatic heterocycles. The van der Waals surface area contributed by atoms with E-state index in [1.807, 2.05) is 0 Å². The molecule has 0 bridgehead atoms. The lowest BCUT2D eigenvalue weighted by atomic mass is 9.87. The maximum absolute atomic E-state index is 9.36. The Balaban J connectivity index is 1.67. The van der Waals surface area contributed by atoms with Crippen LogP contribution in [0.1, 0.15) is 83.5 Å². The van der Waals surface area contributed by atoms with Crippen molar-refractivity contribution in [2.45, 2.75) is 102 Å². The molecule has 2 nitrogen and oxygen atoms in total. The number of aliphatic hydroxyl groups is 1. The van der Waals surface area contributed by atoms with E-state index >= 15 is 0 Å². The number of nitrogens with one attached hydrogen (secondary N) is 1. The Kier molecular flexibility index (Phi) is 6.50. The van der Waals surface area contributed by atoms with Crippen molar-refractivity contribution in [3.63, 3.8) is 0 Å². The van der Waals surface area contributed by atoms with E-state index in [0.29, 0.717) is 6.04 Å². The SMILES string of the molecule is OC1CC(NC2CCCCCCCCCCC2)C1. The molecule has 0 spiro atoms. The van der Waals surface area contributed by atoms with Crippen LogP contribution in [0, 0.1) is 0 Å². The quantitative estimate of drug-likeness (QED) is 0.785. The largest absolute Gasteiger partial charge is 0.393 e. The van der Waals surface area contributed by atoms with Crippen LogP contribution in [0.25, 0.3) is 0 Å².